The predicted octanol–water partition coefficient (Wildman–Crippen LogP) is 12.3. The highest BCUT2D eigenvalue weighted by Crippen LogP contribution is 2.59. The van der Waals surface area contributed by atoms with Crippen LogP contribution in [0.2, 0.25) is 0 Å². The lowest BCUT2D eigenvalue weighted by Crippen LogP contribution is -2.35. The van der Waals surface area contributed by atoms with E-state index in [1.165, 1.54) is 70.5 Å². The summed E-state index contributed by atoms with van der Waals surface area (Å²) in [6.45, 7) is 0. The Balaban J connectivity index is 1.21. The molecule has 11 rings (SSSR count). The molecule has 9 aromatic rings. The molecule has 1 spiro atoms. The highest BCUT2D eigenvalue weighted by molar-refractivity contribution is 7.99. The molecule has 2 nitrogen and oxygen atoms in total. The van der Waals surface area contributed by atoms with Crippen LogP contribution in [0.5, 0.6) is 0 Å². The fraction of sp³-hybridized carbons (Fsp3) is 0.0208. The highest BCUT2D eigenvalue weighted by Gasteiger charge is 2.47. The van der Waals surface area contributed by atoms with Crippen molar-refractivity contribution >= 4 is 56.6 Å². The molecule has 1 aliphatic heterocycles. The number of rotatable bonds is 2. The van der Waals surface area contributed by atoms with Gasteiger partial charge in [-0.15, -0.1) is 0 Å². The van der Waals surface area contributed by atoms with Crippen LogP contribution in [0.4, 0.5) is 0 Å². The number of benzene rings is 7. The molecule has 0 saturated carbocycles. The molecule has 0 fully saturated rings. The van der Waals surface area contributed by atoms with E-state index in [2.05, 4.69) is 174 Å². The van der Waals surface area contributed by atoms with Crippen molar-refractivity contribution in [2.75, 3.05) is 0 Å². The Hall–Kier alpha value is -6.16. The van der Waals surface area contributed by atoms with E-state index in [0.717, 1.165) is 22.2 Å². The fourth-order valence-corrected chi connectivity index (χ4v) is 10.1. The molecular weight excluding hydrogens is 637 g/mol. The van der Waals surface area contributed by atoms with Crippen molar-refractivity contribution in [1.82, 2.24) is 9.55 Å². The smallest absolute Gasteiger partial charge is 0.145 e. The minimum atomic E-state index is -0.524. The van der Waals surface area contributed by atoms with Crippen molar-refractivity contribution in [3.8, 4) is 16.8 Å². The molecule has 3 heterocycles. The summed E-state index contributed by atoms with van der Waals surface area (Å²) in [7, 11) is 0. The summed E-state index contributed by atoms with van der Waals surface area (Å²) >= 11 is 1.91. The molecule has 1 atom stereocenters. The Labute approximate surface area is 300 Å². The second kappa shape index (κ2) is 10.9. The minimum absolute atomic E-state index is 0.524. The Bertz CT molecular complexity index is 2900. The van der Waals surface area contributed by atoms with Gasteiger partial charge in [-0.1, -0.05) is 139 Å². The molecule has 0 amide bonds. The first-order valence-electron chi connectivity index (χ1n) is 17.5. The van der Waals surface area contributed by atoms with Gasteiger partial charge in [0.05, 0.1) is 10.9 Å². The van der Waals surface area contributed by atoms with Crippen LogP contribution in [0.1, 0.15) is 33.4 Å². The van der Waals surface area contributed by atoms with E-state index in [1.807, 2.05) is 24.0 Å². The van der Waals surface area contributed by atoms with Gasteiger partial charge >= 0.3 is 0 Å². The van der Waals surface area contributed by atoms with Gasteiger partial charge in [0.25, 0.3) is 0 Å². The molecule has 51 heavy (non-hydrogen) atoms. The number of hydrogen-bond donors (Lipinski definition) is 0. The van der Waals surface area contributed by atoms with Crippen LogP contribution in [0, 0.1) is 0 Å². The molecule has 2 aliphatic rings. The SMILES string of the molecule is C1=Cc2ccc(-c3ccc4c(c3)c3cccnc3n4-c3ccccc3)cc2C2(c3ccccc31)c1ccccc1Sc1c2ccc2ccccc12. The Morgan fingerprint density at radius 3 is 2.14 bits per heavy atom. The zero-order valence-corrected chi connectivity index (χ0v) is 28.4. The van der Waals surface area contributed by atoms with Gasteiger partial charge in [-0.25, -0.2) is 4.98 Å². The van der Waals surface area contributed by atoms with E-state index in [9.17, 15) is 0 Å². The molecule has 3 heteroatoms. The first-order chi connectivity index (χ1) is 25.3. The molecule has 0 N–H and O–H groups in total. The maximum absolute atomic E-state index is 4.86. The summed E-state index contributed by atoms with van der Waals surface area (Å²) in [5.74, 6) is 0. The van der Waals surface area contributed by atoms with Crippen molar-refractivity contribution in [3.05, 3.63) is 203 Å². The number of para-hydroxylation sites is 1. The second-order valence-electron chi connectivity index (χ2n) is 13.5. The first kappa shape index (κ1) is 28.7. The van der Waals surface area contributed by atoms with E-state index in [1.54, 1.807) is 0 Å². The third-order valence-corrected chi connectivity index (χ3v) is 12.1. The summed E-state index contributed by atoms with van der Waals surface area (Å²) in [5, 5.41) is 4.92. The maximum Gasteiger partial charge on any atom is 0.145 e. The molecule has 1 aliphatic carbocycles. The standard InChI is InChI=1S/C48H30N2S/c1-2-13-36(14-3-1)50-44-27-25-34(29-39(44)38-16-10-28-49-47(38)50)35-23-22-33-21-20-32-12-5-7-17-40(32)48(43(33)30-35)41-18-8-9-19-45(41)51-46-37-15-6-4-11-31(37)24-26-42(46)48/h1-30H. The summed E-state index contributed by atoms with van der Waals surface area (Å²) in [4.78, 5) is 7.50. The van der Waals surface area contributed by atoms with Crippen molar-refractivity contribution in [2.24, 2.45) is 0 Å². The molecular formula is C48H30N2S. The average Bonchev–Trinajstić information content (AvgIpc) is 3.45. The lowest BCUT2D eigenvalue weighted by atomic mass is 9.63. The minimum Gasteiger partial charge on any atom is -0.294 e. The van der Waals surface area contributed by atoms with Gasteiger partial charge in [-0.05, 0) is 104 Å². The third-order valence-electron chi connectivity index (χ3n) is 10.9. The number of aromatic nitrogens is 2. The molecule has 0 radical (unpaired) electrons. The quantitative estimate of drug-likeness (QED) is 0.183. The fourth-order valence-electron chi connectivity index (χ4n) is 8.73. The lowest BCUT2D eigenvalue weighted by molar-refractivity contribution is 0.704. The monoisotopic (exact) mass is 666 g/mol. The Kier molecular flexibility index (Phi) is 6.14. The van der Waals surface area contributed by atoms with E-state index < -0.39 is 5.41 Å². The van der Waals surface area contributed by atoms with Crippen LogP contribution in [0.15, 0.2) is 180 Å². The van der Waals surface area contributed by atoms with Gasteiger partial charge in [-0.2, -0.15) is 0 Å². The summed E-state index contributed by atoms with van der Waals surface area (Å²) in [6.07, 6.45) is 6.52. The zero-order chi connectivity index (χ0) is 33.5. The molecule has 0 saturated heterocycles. The Morgan fingerprint density at radius 2 is 1.22 bits per heavy atom. The second-order valence-corrected chi connectivity index (χ2v) is 14.6. The first-order valence-corrected chi connectivity index (χ1v) is 18.3. The van der Waals surface area contributed by atoms with E-state index >= 15 is 0 Å². The van der Waals surface area contributed by atoms with E-state index in [0.29, 0.717) is 0 Å². The van der Waals surface area contributed by atoms with Crippen LogP contribution in [0.25, 0.3) is 61.7 Å². The zero-order valence-electron chi connectivity index (χ0n) is 27.6. The van der Waals surface area contributed by atoms with Gasteiger partial charge < -0.3 is 0 Å². The maximum atomic E-state index is 4.86. The molecule has 0 bridgehead atoms. The molecule has 7 aromatic carbocycles. The summed E-state index contributed by atoms with van der Waals surface area (Å²) in [5.41, 5.74) is 12.9. The number of nitrogens with zero attached hydrogens (tertiary/aromatic N) is 2. The van der Waals surface area contributed by atoms with Crippen LogP contribution < -0.4 is 0 Å². The van der Waals surface area contributed by atoms with Gasteiger partial charge in [-0.3, -0.25) is 4.57 Å². The normalized spacial score (nSPS) is 15.8. The van der Waals surface area contributed by atoms with Crippen LogP contribution in [-0.4, -0.2) is 9.55 Å². The highest BCUT2D eigenvalue weighted by atomic mass is 32.2. The predicted molar refractivity (Wildman–Crippen MR) is 213 cm³/mol. The number of fused-ring (bicyclic) bond motifs is 13. The van der Waals surface area contributed by atoms with Crippen molar-refractivity contribution in [1.29, 1.82) is 0 Å². The van der Waals surface area contributed by atoms with Crippen LogP contribution in [-0.2, 0) is 5.41 Å². The van der Waals surface area contributed by atoms with Gasteiger partial charge in [0.15, 0.2) is 0 Å². The Morgan fingerprint density at radius 1 is 0.490 bits per heavy atom. The molecule has 2 aromatic heterocycles. The van der Waals surface area contributed by atoms with Gasteiger partial charge in [0, 0.05) is 32.4 Å². The largest absolute Gasteiger partial charge is 0.294 e. The number of hydrogen-bond acceptors (Lipinski definition) is 2. The van der Waals surface area contributed by atoms with Crippen molar-refractivity contribution in [3.63, 3.8) is 0 Å². The van der Waals surface area contributed by atoms with Gasteiger partial charge in [0.2, 0.25) is 0 Å². The average molecular weight is 667 g/mol. The molecule has 238 valence electrons. The van der Waals surface area contributed by atoms with Crippen molar-refractivity contribution in [2.45, 2.75) is 15.2 Å². The lowest BCUT2D eigenvalue weighted by Gasteiger charge is -2.43. The topological polar surface area (TPSA) is 17.8 Å². The van der Waals surface area contributed by atoms with E-state index in [4.69, 9.17) is 4.98 Å². The summed E-state index contributed by atoms with van der Waals surface area (Å²) < 4.78 is 2.28. The summed E-state index contributed by atoms with van der Waals surface area (Å²) in [6, 6.07) is 60.4. The van der Waals surface area contributed by atoms with Gasteiger partial charge in [0.1, 0.15) is 5.65 Å². The third kappa shape index (κ3) is 4.04. The van der Waals surface area contributed by atoms with Crippen molar-refractivity contribution < 1.29 is 0 Å². The van der Waals surface area contributed by atoms with Crippen LogP contribution in [0.3, 0.4) is 0 Å². The number of pyridine rings is 1. The molecule has 1 unspecified atom stereocenters. The van der Waals surface area contributed by atoms with Crippen LogP contribution >= 0.6 is 11.8 Å². The van der Waals surface area contributed by atoms with E-state index in [-0.39, 0.29) is 0 Å².